The van der Waals surface area contributed by atoms with Gasteiger partial charge in [0.2, 0.25) is 0 Å². The molecule has 1 N–H and O–H groups in total. The zero-order chi connectivity index (χ0) is 14.9. The van der Waals surface area contributed by atoms with E-state index in [0.717, 1.165) is 22.3 Å². The Morgan fingerprint density at radius 1 is 1.24 bits per heavy atom. The molecule has 1 aromatic carbocycles. The van der Waals surface area contributed by atoms with Gasteiger partial charge in [0.05, 0.1) is 18.6 Å². The van der Waals surface area contributed by atoms with Crippen molar-refractivity contribution in [3.63, 3.8) is 0 Å². The zero-order valence-electron chi connectivity index (χ0n) is 11.9. The molecule has 2 heterocycles. The molecule has 2 aromatic rings. The highest BCUT2D eigenvalue weighted by Crippen LogP contribution is 2.27. The molecule has 0 aliphatic carbocycles. The summed E-state index contributed by atoms with van der Waals surface area (Å²) in [4.78, 5) is 4.39. The summed E-state index contributed by atoms with van der Waals surface area (Å²) in [6.07, 6.45) is 3.02. The van der Waals surface area contributed by atoms with Crippen molar-refractivity contribution in [2.75, 3.05) is 23.9 Å². The number of aromatic nitrogens is 1. The minimum Gasteiger partial charge on any atom is -0.497 e. The Balaban J connectivity index is 1.84. The summed E-state index contributed by atoms with van der Waals surface area (Å²) in [5.74, 6) is 2.12. The van der Waals surface area contributed by atoms with Gasteiger partial charge in [-0.3, -0.25) is 0 Å². The molecule has 0 radical (unpaired) electrons. The number of nitrogens with zero attached hydrogens (tertiary/aromatic N) is 1. The summed E-state index contributed by atoms with van der Waals surface area (Å²) >= 11 is 0. The number of methoxy groups -OCH3 is 1. The summed E-state index contributed by atoms with van der Waals surface area (Å²) in [6.45, 7) is 0. The topological polar surface area (TPSA) is 68.3 Å². The fraction of sp³-hybridized carbons (Fsp3) is 0.400. The number of hydrogen-bond acceptors (Lipinski definition) is 5. The van der Waals surface area contributed by atoms with Crippen LogP contribution in [-0.2, 0) is 9.84 Å². The third-order valence-electron chi connectivity index (χ3n) is 3.87. The fourth-order valence-corrected chi connectivity index (χ4v) is 4.12. The zero-order valence-corrected chi connectivity index (χ0v) is 12.7. The van der Waals surface area contributed by atoms with Crippen molar-refractivity contribution in [3.8, 4) is 5.75 Å². The maximum absolute atomic E-state index is 11.5. The van der Waals surface area contributed by atoms with Gasteiger partial charge in [-0.15, -0.1) is 0 Å². The number of fused-ring (bicyclic) bond motifs is 1. The molecule has 112 valence electrons. The van der Waals surface area contributed by atoms with Crippen LogP contribution in [0.4, 0.5) is 5.82 Å². The van der Waals surface area contributed by atoms with Crippen LogP contribution in [0.1, 0.15) is 12.8 Å². The number of sulfone groups is 1. The molecule has 1 saturated heterocycles. The Morgan fingerprint density at radius 3 is 2.71 bits per heavy atom. The molecular formula is C15H18N2O3S. The van der Waals surface area contributed by atoms with Crippen LogP contribution in [0.3, 0.4) is 0 Å². The summed E-state index contributed by atoms with van der Waals surface area (Å²) in [7, 11) is -1.19. The van der Waals surface area contributed by atoms with E-state index >= 15 is 0 Å². The average molecular weight is 306 g/mol. The molecule has 1 aromatic heterocycles. The highest BCUT2D eigenvalue weighted by Gasteiger charge is 2.23. The van der Waals surface area contributed by atoms with Gasteiger partial charge in [-0.05, 0) is 42.5 Å². The number of hydrogen-bond donors (Lipinski definition) is 1. The molecule has 0 unspecified atom stereocenters. The van der Waals surface area contributed by atoms with Crippen molar-refractivity contribution in [1.82, 2.24) is 4.98 Å². The summed E-state index contributed by atoms with van der Waals surface area (Å²) in [6, 6.07) is 7.94. The molecule has 0 amide bonds. The molecule has 0 bridgehead atoms. The van der Waals surface area contributed by atoms with Crippen LogP contribution in [-0.4, -0.2) is 38.1 Å². The van der Waals surface area contributed by atoms with E-state index in [9.17, 15) is 8.42 Å². The highest BCUT2D eigenvalue weighted by atomic mass is 32.2. The molecule has 3 rings (SSSR count). The van der Waals surface area contributed by atoms with Crippen LogP contribution in [0.2, 0.25) is 0 Å². The third kappa shape index (κ3) is 3.10. The first-order chi connectivity index (χ1) is 10.1. The number of rotatable bonds is 3. The highest BCUT2D eigenvalue weighted by molar-refractivity contribution is 7.91. The van der Waals surface area contributed by atoms with Gasteiger partial charge in [-0.1, -0.05) is 0 Å². The fourth-order valence-electron chi connectivity index (χ4n) is 2.63. The molecule has 6 heteroatoms. The minimum atomic E-state index is -2.84. The van der Waals surface area contributed by atoms with Gasteiger partial charge >= 0.3 is 0 Å². The molecule has 1 aliphatic heterocycles. The lowest BCUT2D eigenvalue weighted by atomic mass is 10.1. The predicted molar refractivity (Wildman–Crippen MR) is 83.6 cm³/mol. The number of ether oxygens (including phenoxy) is 1. The van der Waals surface area contributed by atoms with Crippen LogP contribution in [0.15, 0.2) is 30.5 Å². The molecule has 21 heavy (non-hydrogen) atoms. The van der Waals surface area contributed by atoms with E-state index < -0.39 is 9.84 Å². The van der Waals surface area contributed by atoms with E-state index in [4.69, 9.17) is 4.74 Å². The van der Waals surface area contributed by atoms with Crippen LogP contribution in [0.25, 0.3) is 10.8 Å². The van der Waals surface area contributed by atoms with Crippen LogP contribution in [0.5, 0.6) is 5.75 Å². The van der Waals surface area contributed by atoms with E-state index in [1.54, 1.807) is 13.3 Å². The normalized spacial score (nSPS) is 18.5. The first kappa shape index (κ1) is 14.1. The van der Waals surface area contributed by atoms with Gasteiger partial charge in [-0.2, -0.15) is 0 Å². The second-order valence-corrected chi connectivity index (χ2v) is 7.62. The number of pyridine rings is 1. The predicted octanol–water partition coefficient (Wildman–Crippen LogP) is 2.23. The Kier molecular flexibility index (Phi) is 3.71. The van der Waals surface area contributed by atoms with Gasteiger partial charge in [0, 0.05) is 17.6 Å². The van der Waals surface area contributed by atoms with Crippen LogP contribution in [0, 0.1) is 0 Å². The SMILES string of the molecule is COc1ccc2c(NC3CCS(=O)(=O)CC3)nccc2c1. The lowest BCUT2D eigenvalue weighted by Crippen LogP contribution is -2.32. The quantitative estimate of drug-likeness (QED) is 0.942. The van der Waals surface area contributed by atoms with Crippen molar-refractivity contribution in [1.29, 1.82) is 0 Å². The Labute approximate surface area is 124 Å². The summed E-state index contributed by atoms with van der Waals surface area (Å²) in [5, 5.41) is 5.45. The van der Waals surface area contributed by atoms with Gasteiger partial charge in [0.25, 0.3) is 0 Å². The monoisotopic (exact) mass is 306 g/mol. The first-order valence-corrected chi connectivity index (χ1v) is 8.79. The van der Waals surface area contributed by atoms with Crippen molar-refractivity contribution < 1.29 is 13.2 Å². The van der Waals surface area contributed by atoms with Crippen molar-refractivity contribution in [2.24, 2.45) is 0 Å². The summed E-state index contributed by atoms with van der Waals surface area (Å²) in [5.41, 5.74) is 0. The number of anilines is 1. The average Bonchev–Trinajstić information content (AvgIpc) is 2.49. The Morgan fingerprint density at radius 2 is 2.00 bits per heavy atom. The lowest BCUT2D eigenvalue weighted by Gasteiger charge is -2.24. The largest absolute Gasteiger partial charge is 0.497 e. The molecule has 0 atom stereocenters. The van der Waals surface area contributed by atoms with E-state index in [1.807, 2.05) is 24.3 Å². The van der Waals surface area contributed by atoms with Gasteiger partial charge in [-0.25, -0.2) is 13.4 Å². The van der Waals surface area contributed by atoms with E-state index in [1.165, 1.54) is 0 Å². The third-order valence-corrected chi connectivity index (χ3v) is 5.58. The van der Waals surface area contributed by atoms with Crippen LogP contribution < -0.4 is 10.1 Å². The van der Waals surface area contributed by atoms with Crippen LogP contribution >= 0.6 is 0 Å². The molecule has 0 saturated carbocycles. The Bertz CT molecular complexity index is 745. The second kappa shape index (κ2) is 5.52. The van der Waals surface area contributed by atoms with Gasteiger partial charge in [0.1, 0.15) is 21.4 Å². The van der Waals surface area contributed by atoms with Crippen molar-refractivity contribution >= 4 is 26.4 Å². The van der Waals surface area contributed by atoms with E-state index in [-0.39, 0.29) is 17.5 Å². The number of benzene rings is 1. The van der Waals surface area contributed by atoms with Crippen molar-refractivity contribution in [2.45, 2.75) is 18.9 Å². The molecule has 5 nitrogen and oxygen atoms in total. The van der Waals surface area contributed by atoms with Crippen molar-refractivity contribution in [3.05, 3.63) is 30.5 Å². The summed E-state index contributed by atoms with van der Waals surface area (Å²) < 4.78 is 28.2. The molecule has 1 fully saturated rings. The van der Waals surface area contributed by atoms with Gasteiger partial charge in [0.15, 0.2) is 0 Å². The van der Waals surface area contributed by atoms with E-state index in [0.29, 0.717) is 12.8 Å². The lowest BCUT2D eigenvalue weighted by molar-refractivity contribution is 0.415. The molecule has 1 aliphatic rings. The standard InChI is InChI=1S/C15H18N2O3S/c1-20-13-2-3-14-11(10-13)4-7-16-15(14)17-12-5-8-21(18,19)9-6-12/h2-4,7,10,12H,5-6,8-9H2,1H3,(H,16,17). The smallest absolute Gasteiger partial charge is 0.150 e. The molecule has 0 spiro atoms. The van der Waals surface area contributed by atoms with E-state index in [2.05, 4.69) is 10.3 Å². The second-order valence-electron chi connectivity index (χ2n) is 5.32. The molecular weight excluding hydrogens is 288 g/mol. The minimum absolute atomic E-state index is 0.161. The Hall–Kier alpha value is -1.82. The maximum Gasteiger partial charge on any atom is 0.150 e. The van der Waals surface area contributed by atoms with Gasteiger partial charge < -0.3 is 10.1 Å². The first-order valence-electron chi connectivity index (χ1n) is 6.97. The number of nitrogens with one attached hydrogen (secondary N) is 1. The maximum atomic E-state index is 11.5.